The van der Waals surface area contributed by atoms with Crippen LogP contribution in [0.15, 0.2) is 60.8 Å². The Balaban J connectivity index is 2.00. The number of nitrogens with zero attached hydrogens (tertiary/aromatic N) is 1. The molecule has 1 N–H and O–H groups in total. The lowest BCUT2D eigenvalue weighted by Gasteiger charge is -2.08. The highest BCUT2D eigenvalue weighted by Crippen LogP contribution is 2.25. The first-order valence-electron chi connectivity index (χ1n) is 6.15. The zero-order valence-corrected chi connectivity index (χ0v) is 12.7. The summed E-state index contributed by atoms with van der Waals surface area (Å²) in [6, 6.07) is 16.9. The van der Waals surface area contributed by atoms with Gasteiger partial charge in [-0.1, -0.05) is 30.3 Å². The van der Waals surface area contributed by atoms with Crippen LogP contribution in [0.2, 0.25) is 0 Å². The van der Waals surface area contributed by atoms with Crippen molar-refractivity contribution >= 4 is 45.1 Å². The minimum absolute atomic E-state index is 0.126. The number of para-hydroxylation sites is 1. The molecular weight excluding hydrogens is 363 g/mol. The second-order valence-electron chi connectivity index (χ2n) is 4.31. The molecule has 0 aliphatic carbocycles. The summed E-state index contributed by atoms with van der Waals surface area (Å²) in [5.41, 5.74) is 2.17. The zero-order valence-electron chi connectivity index (χ0n) is 10.5. The summed E-state index contributed by atoms with van der Waals surface area (Å²) in [5.74, 6) is -0.126. The number of rotatable bonds is 2. The SMILES string of the molecule is O=C(Nc1cccc2c(I)ccnc12)c1ccccc1. The summed E-state index contributed by atoms with van der Waals surface area (Å²) in [4.78, 5) is 16.6. The van der Waals surface area contributed by atoms with Gasteiger partial charge in [0.05, 0.1) is 11.2 Å². The van der Waals surface area contributed by atoms with Crippen LogP contribution in [-0.4, -0.2) is 10.9 Å². The first-order chi connectivity index (χ1) is 9.75. The van der Waals surface area contributed by atoms with E-state index in [-0.39, 0.29) is 5.91 Å². The minimum atomic E-state index is -0.126. The molecule has 0 bridgehead atoms. The van der Waals surface area contributed by atoms with E-state index in [2.05, 4.69) is 32.9 Å². The van der Waals surface area contributed by atoms with E-state index < -0.39 is 0 Å². The van der Waals surface area contributed by atoms with Crippen LogP contribution in [0.4, 0.5) is 5.69 Å². The summed E-state index contributed by atoms with van der Waals surface area (Å²) in [6.45, 7) is 0. The Morgan fingerprint density at radius 2 is 1.80 bits per heavy atom. The van der Waals surface area contributed by atoms with Crippen molar-refractivity contribution in [3.05, 3.63) is 69.9 Å². The molecule has 0 saturated carbocycles. The van der Waals surface area contributed by atoms with Crippen LogP contribution in [0.1, 0.15) is 10.4 Å². The van der Waals surface area contributed by atoms with Crippen LogP contribution in [0.3, 0.4) is 0 Å². The number of hydrogen-bond acceptors (Lipinski definition) is 2. The number of pyridine rings is 1. The molecule has 3 nitrogen and oxygen atoms in total. The monoisotopic (exact) mass is 374 g/mol. The van der Waals surface area contributed by atoms with E-state index in [1.165, 1.54) is 0 Å². The lowest BCUT2D eigenvalue weighted by Crippen LogP contribution is -2.12. The van der Waals surface area contributed by atoms with Gasteiger partial charge in [0.1, 0.15) is 0 Å². The normalized spacial score (nSPS) is 10.4. The van der Waals surface area contributed by atoms with Crippen molar-refractivity contribution in [3.63, 3.8) is 0 Å². The van der Waals surface area contributed by atoms with Gasteiger partial charge in [-0.2, -0.15) is 0 Å². The van der Waals surface area contributed by atoms with Crippen molar-refractivity contribution in [1.29, 1.82) is 0 Å². The fraction of sp³-hybridized carbons (Fsp3) is 0. The number of nitrogens with one attached hydrogen (secondary N) is 1. The molecule has 1 aromatic heterocycles. The highest BCUT2D eigenvalue weighted by Gasteiger charge is 2.09. The van der Waals surface area contributed by atoms with E-state index in [1.807, 2.05) is 42.5 Å². The van der Waals surface area contributed by atoms with Gasteiger partial charge in [0.2, 0.25) is 0 Å². The van der Waals surface area contributed by atoms with E-state index in [0.29, 0.717) is 5.56 Å². The zero-order chi connectivity index (χ0) is 13.9. The topological polar surface area (TPSA) is 42.0 Å². The minimum Gasteiger partial charge on any atom is -0.320 e. The number of benzene rings is 2. The van der Waals surface area contributed by atoms with E-state index in [9.17, 15) is 4.79 Å². The van der Waals surface area contributed by atoms with Crippen molar-refractivity contribution in [1.82, 2.24) is 4.98 Å². The average molecular weight is 374 g/mol. The van der Waals surface area contributed by atoms with Gasteiger partial charge in [0, 0.05) is 20.7 Å². The van der Waals surface area contributed by atoms with Crippen LogP contribution >= 0.6 is 22.6 Å². The lowest BCUT2D eigenvalue weighted by molar-refractivity contribution is 0.102. The predicted octanol–water partition coefficient (Wildman–Crippen LogP) is 4.09. The Bertz CT molecular complexity index is 772. The Morgan fingerprint density at radius 3 is 2.60 bits per heavy atom. The van der Waals surface area contributed by atoms with Crippen molar-refractivity contribution < 1.29 is 4.79 Å². The Hall–Kier alpha value is -1.95. The third-order valence-electron chi connectivity index (χ3n) is 3.00. The quantitative estimate of drug-likeness (QED) is 0.687. The maximum atomic E-state index is 12.2. The molecular formula is C16H11IN2O. The van der Waals surface area contributed by atoms with E-state index in [4.69, 9.17) is 0 Å². The van der Waals surface area contributed by atoms with Crippen LogP contribution in [0.5, 0.6) is 0 Å². The molecule has 0 atom stereocenters. The molecule has 98 valence electrons. The number of halogens is 1. The number of anilines is 1. The highest BCUT2D eigenvalue weighted by atomic mass is 127. The van der Waals surface area contributed by atoms with Gasteiger partial charge >= 0.3 is 0 Å². The second kappa shape index (κ2) is 5.58. The standard InChI is InChI=1S/C16H11IN2O/c17-13-9-10-18-15-12(13)7-4-8-14(15)19-16(20)11-5-2-1-3-6-11/h1-10H,(H,19,20). The molecule has 3 rings (SSSR count). The summed E-state index contributed by atoms with van der Waals surface area (Å²) in [5, 5.41) is 3.96. The predicted molar refractivity (Wildman–Crippen MR) is 88.9 cm³/mol. The summed E-state index contributed by atoms with van der Waals surface area (Å²) < 4.78 is 1.11. The van der Waals surface area contributed by atoms with E-state index in [0.717, 1.165) is 20.2 Å². The fourth-order valence-corrected chi connectivity index (χ4v) is 2.62. The smallest absolute Gasteiger partial charge is 0.255 e. The number of fused-ring (bicyclic) bond motifs is 1. The van der Waals surface area contributed by atoms with Crippen LogP contribution in [0, 0.1) is 3.57 Å². The molecule has 0 fully saturated rings. The van der Waals surface area contributed by atoms with Gasteiger partial charge in [-0.3, -0.25) is 9.78 Å². The van der Waals surface area contributed by atoms with Gasteiger partial charge in [0.15, 0.2) is 0 Å². The van der Waals surface area contributed by atoms with Gasteiger partial charge in [-0.15, -0.1) is 0 Å². The summed E-state index contributed by atoms with van der Waals surface area (Å²) >= 11 is 2.27. The van der Waals surface area contributed by atoms with Crippen molar-refractivity contribution in [3.8, 4) is 0 Å². The lowest BCUT2D eigenvalue weighted by atomic mass is 10.1. The fourth-order valence-electron chi connectivity index (χ4n) is 2.03. The largest absolute Gasteiger partial charge is 0.320 e. The second-order valence-corrected chi connectivity index (χ2v) is 5.48. The van der Waals surface area contributed by atoms with Crippen LogP contribution < -0.4 is 5.32 Å². The third kappa shape index (κ3) is 2.51. The summed E-state index contributed by atoms with van der Waals surface area (Å²) in [6.07, 6.45) is 1.75. The molecule has 2 aromatic carbocycles. The van der Waals surface area contributed by atoms with Crippen molar-refractivity contribution in [2.45, 2.75) is 0 Å². The van der Waals surface area contributed by atoms with Gasteiger partial charge < -0.3 is 5.32 Å². The van der Waals surface area contributed by atoms with Gasteiger partial charge in [-0.25, -0.2) is 0 Å². The molecule has 1 amide bonds. The molecule has 0 aliphatic heterocycles. The first-order valence-corrected chi connectivity index (χ1v) is 7.23. The van der Waals surface area contributed by atoms with E-state index in [1.54, 1.807) is 18.3 Å². The Morgan fingerprint density at radius 1 is 1.00 bits per heavy atom. The Labute approximate surface area is 130 Å². The van der Waals surface area contributed by atoms with Crippen molar-refractivity contribution in [2.75, 3.05) is 5.32 Å². The Kier molecular flexibility index (Phi) is 3.64. The van der Waals surface area contributed by atoms with Crippen molar-refractivity contribution in [2.24, 2.45) is 0 Å². The summed E-state index contributed by atoms with van der Waals surface area (Å²) in [7, 11) is 0. The number of carbonyl (C=O) groups excluding carboxylic acids is 1. The first kappa shape index (κ1) is 13.1. The molecule has 0 unspecified atom stereocenters. The van der Waals surface area contributed by atoms with E-state index >= 15 is 0 Å². The van der Waals surface area contributed by atoms with Gasteiger partial charge in [0.25, 0.3) is 5.91 Å². The number of hydrogen-bond donors (Lipinski definition) is 1. The molecule has 4 heteroatoms. The van der Waals surface area contributed by atoms with Gasteiger partial charge in [-0.05, 0) is 46.9 Å². The maximum Gasteiger partial charge on any atom is 0.255 e. The highest BCUT2D eigenvalue weighted by molar-refractivity contribution is 14.1. The molecule has 0 saturated heterocycles. The maximum absolute atomic E-state index is 12.2. The molecule has 1 heterocycles. The molecule has 3 aromatic rings. The third-order valence-corrected chi connectivity index (χ3v) is 3.94. The molecule has 0 radical (unpaired) electrons. The number of carbonyl (C=O) groups is 1. The molecule has 20 heavy (non-hydrogen) atoms. The van der Waals surface area contributed by atoms with Crippen LogP contribution in [0.25, 0.3) is 10.9 Å². The average Bonchev–Trinajstić information content (AvgIpc) is 2.49. The number of amides is 1. The number of aromatic nitrogens is 1. The molecule has 0 spiro atoms. The van der Waals surface area contributed by atoms with Crippen LogP contribution in [-0.2, 0) is 0 Å². The molecule has 0 aliphatic rings.